The molecule has 0 aliphatic carbocycles. The lowest BCUT2D eigenvalue weighted by molar-refractivity contribution is -0.322. The zero-order valence-corrected chi connectivity index (χ0v) is 6.18. The first-order chi connectivity index (χ1) is 5.61. The SMILES string of the molecule is CC(=O)OC(F)(F)C(F)(F)C(=O)O. The number of hydrogen-bond acceptors (Lipinski definition) is 3. The van der Waals surface area contributed by atoms with E-state index in [0.717, 1.165) is 0 Å². The van der Waals surface area contributed by atoms with Gasteiger partial charge in [0.25, 0.3) is 0 Å². The third-order valence-electron chi connectivity index (χ3n) is 0.906. The first-order valence-electron chi connectivity index (χ1n) is 2.80. The molecule has 0 bridgehead atoms. The fourth-order valence-corrected chi connectivity index (χ4v) is 0.369. The van der Waals surface area contributed by atoms with Crippen LogP contribution in [0.15, 0.2) is 0 Å². The van der Waals surface area contributed by atoms with E-state index in [2.05, 4.69) is 4.74 Å². The molecule has 0 aromatic heterocycles. The summed E-state index contributed by atoms with van der Waals surface area (Å²) in [6.07, 6.45) is -5.34. The van der Waals surface area contributed by atoms with Gasteiger partial charge in [-0.2, -0.15) is 17.6 Å². The molecular formula is C5H4F4O4. The lowest BCUT2D eigenvalue weighted by Gasteiger charge is -2.21. The highest BCUT2D eigenvalue weighted by Crippen LogP contribution is 2.35. The van der Waals surface area contributed by atoms with E-state index in [-0.39, 0.29) is 0 Å². The van der Waals surface area contributed by atoms with Crippen LogP contribution in [0.4, 0.5) is 17.6 Å². The summed E-state index contributed by atoms with van der Waals surface area (Å²) in [4.78, 5) is 19.5. The Kier molecular flexibility index (Phi) is 2.86. The monoisotopic (exact) mass is 204 g/mol. The topological polar surface area (TPSA) is 63.6 Å². The lowest BCUT2D eigenvalue weighted by atomic mass is 10.3. The van der Waals surface area contributed by atoms with E-state index in [1.807, 2.05) is 0 Å². The quantitative estimate of drug-likeness (QED) is 0.547. The molecule has 0 fully saturated rings. The van der Waals surface area contributed by atoms with Gasteiger partial charge in [0.1, 0.15) is 0 Å². The smallest absolute Gasteiger partial charge is 0.477 e. The third kappa shape index (κ3) is 2.30. The van der Waals surface area contributed by atoms with Gasteiger partial charge in [0, 0.05) is 6.92 Å². The van der Waals surface area contributed by atoms with Gasteiger partial charge in [-0.1, -0.05) is 0 Å². The highest BCUT2D eigenvalue weighted by Gasteiger charge is 2.66. The van der Waals surface area contributed by atoms with E-state index in [1.54, 1.807) is 0 Å². The van der Waals surface area contributed by atoms with Crippen LogP contribution in [-0.4, -0.2) is 29.1 Å². The number of hydrogen-bond donors (Lipinski definition) is 1. The molecule has 0 heterocycles. The molecule has 0 spiro atoms. The van der Waals surface area contributed by atoms with Crippen molar-refractivity contribution in [1.82, 2.24) is 0 Å². The van der Waals surface area contributed by atoms with Crippen LogP contribution in [0.1, 0.15) is 6.92 Å². The number of esters is 1. The van der Waals surface area contributed by atoms with Crippen LogP contribution in [0, 0.1) is 0 Å². The van der Waals surface area contributed by atoms with E-state index in [9.17, 15) is 27.2 Å². The maximum absolute atomic E-state index is 12.1. The van der Waals surface area contributed by atoms with Gasteiger partial charge in [0.2, 0.25) is 0 Å². The average Bonchev–Trinajstić information content (AvgIpc) is 1.83. The number of rotatable bonds is 3. The van der Waals surface area contributed by atoms with Crippen LogP contribution in [-0.2, 0) is 14.3 Å². The van der Waals surface area contributed by atoms with E-state index in [0.29, 0.717) is 6.92 Å². The molecule has 0 radical (unpaired) electrons. The number of alkyl halides is 4. The average molecular weight is 204 g/mol. The minimum absolute atomic E-state index is 0.450. The van der Waals surface area contributed by atoms with E-state index < -0.39 is 24.0 Å². The fourth-order valence-electron chi connectivity index (χ4n) is 0.369. The van der Waals surface area contributed by atoms with Crippen molar-refractivity contribution in [2.45, 2.75) is 19.0 Å². The van der Waals surface area contributed by atoms with Gasteiger partial charge < -0.3 is 9.84 Å². The predicted molar refractivity (Wildman–Crippen MR) is 29.3 cm³/mol. The van der Waals surface area contributed by atoms with Crippen LogP contribution >= 0.6 is 0 Å². The van der Waals surface area contributed by atoms with Crippen molar-refractivity contribution in [3.63, 3.8) is 0 Å². The molecule has 0 aliphatic heterocycles. The van der Waals surface area contributed by atoms with Gasteiger partial charge >= 0.3 is 24.0 Å². The largest absolute Gasteiger partial charge is 0.478 e. The van der Waals surface area contributed by atoms with Crippen LogP contribution < -0.4 is 0 Å². The second-order valence-corrected chi connectivity index (χ2v) is 1.99. The van der Waals surface area contributed by atoms with Crippen molar-refractivity contribution < 1.29 is 37.0 Å². The molecule has 0 saturated heterocycles. The molecule has 0 aromatic rings. The Morgan fingerprint density at radius 2 is 1.62 bits per heavy atom. The number of carboxylic acid groups (broad SMARTS) is 1. The summed E-state index contributed by atoms with van der Waals surface area (Å²) in [7, 11) is 0. The van der Waals surface area contributed by atoms with Gasteiger partial charge in [-0.15, -0.1) is 0 Å². The Morgan fingerprint density at radius 1 is 1.23 bits per heavy atom. The maximum Gasteiger partial charge on any atom is 0.478 e. The van der Waals surface area contributed by atoms with E-state index >= 15 is 0 Å². The Balaban J connectivity index is 4.80. The van der Waals surface area contributed by atoms with Crippen LogP contribution in [0.3, 0.4) is 0 Å². The van der Waals surface area contributed by atoms with Crippen LogP contribution in [0.2, 0.25) is 0 Å². The maximum atomic E-state index is 12.1. The second kappa shape index (κ2) is 3.19. The van der Waals surface area contributed by atoms with Gasteiger partial charge in [-0.05, 0) is 0 Å². The van der Waals surface area contributed by atoms with E-state index in [1.165, 1.54) is 0 Å². The summed E-state index contributed by atoms with van der Waals surface area (Å²) in [5, 5.41) is 7.67. The highest BCUT2D eigenvalue weighted by atomic mass is 19.3. The minimum atomic E-state index is -5.43. The molecule has 0 aromatic carbocycles. The summed E-state index contributed by atoms with van der Waals surface area (Å²) < 4.78 is 51.2. The first-order valence-corrected chi connectivity index (χ1v) is 2.80. The standard InChI is InChI=1S/C5H4F4O4/c1-2(10)13-5(8,9)4(6,7)3(11)12/h1H3,(H,11,12). The molecule has 8 heteroatoms. The summed E-state index contributed by atoms with van der Waals surface area (Å²) in [5.41, 5.74) is 0. The Labute approximate surface area is 69.1 Å². The minimum Gasteiger partial charge on any atom is -0.477 e. The van der Waals surface area contributed by atoms with Gasteiger partial charge in [-0.25, -0.2) is 4.79 Å². The number of ether oxygens (including phenoxy) is 1. The predicted octanol–water partition coefficient (Wildman–Crippen LogP) is 0.862. The highest BCUT2D eigenvalue weighted by molar-refractivity contribution is 5.77. The van der Waals surface area contributed by atoms with Gasteiger partial charge in [0.05, 0.1) is 0 Å². The molecule has 4 nitrogen and oxygen atoms in total. The molecular weight excluding hydrogens is 200 g/mol. The van der Waals surface area contributed by atoms with E-state index in [4.69, 9.17) is 5.11 Å². The van der Waals surface area contributed by atoms with Crippen molar-refractivity contribution in [2.24, 2.45) is 0 Å². The van der Waals surface area contributed by atoms with Crippen LogP contribution in [0.5, 0.6) is 0 Å². The summed E-state index contributed by atoms with van der Waals surface area (Å²) >= 11 is 0. The lowest BCUT2D eigenvalue weighted by Crippen LogP contribution is -2.49. The van der Waals surface area contributed by atoms with Crippen molar-refractivity contribution in [3.8, 4) is 0 Å². The zero-order chi connectivity index (χ0) is 10.9. The Hall–Kier alpha value is -1.34. The number of carboxylic acids is 1. The molecule has 13 heavy (non-hydrogen) atoms. The van der Waals surface area contributed by atoms with Gasteiger partial charge in [-0.3, -0.25) is 4.79 Å². The Morgan fingerprint density at radius 3 is 1.85 bits per heavy atom. The summed E-state index contributed by atoms with van der Waals surface area (Å²) in [6.45, 7) is 0.450. The van der Waals surface area contributed by atoms with Crippen molar-refractivity contribution >= 4 is 11.9 Å². The zero-order valence-electron chi connectivity index (χ0n) is 6.18. The van der Waals surface area contributed by atoms with Crippen molar-refractivity contribution in [2.75, 3.05) is 0 Å². The first kappa shape index (κ1) is 11.7. The van der Waals surface area contributed by atoms with Crippen LogP contribution in [0.25, 0.3) is 0 Å². The second-order valence-electron chi connectivity index (χ2n) is 1.99. The normalized spacial score (nSPS) is 12.4. The number of halogens is 4. The summed E-state index contributed by atoms with van der Waals surface area (Å²) in [5.74, 6) is -10.2. The molecule has 0 unspecified atom stereocenters. The third-order valence-corrected chi connectivity index (χ3v) is 0.906. The number of carbonyl (C=O) groups is 2. The molecule has 0 rings (SSSR count). The molecule has 76 valence electrons. The Bertz CT molecular complexity index is 237. The van der Waals surface area contributed by atoms with Gasteiger partial charge in [0.15, 0.2) is 0 Å². The number of carbonyl (C=O) groups excluding carboxylic acids is 1. The summed E-state index contributed by atoms with van der Waals surface area (Å²) in [6, 6.07) is 0. The molecule has 0 atom stereocenters. The molecule has 0 aliphatic rings. The molecule has 1 N–H and O–H groups in total. The number of aliphatic carboxylic acids is 1. The molecule has 0 amide bonds. The van der Waals surface area contributed by atoms with Crippen molar-refractivity contribution in [1.29, 1.82) is 0 Å². The van der Waals surface area contributed by atoms with Crippen molar-refractivity contribution in [3.05, 3.63) is 0 Å². The fraction of sp³-hybridized carbons (Fsp3) is 0.600. The molecule has 0 saturated carbocycles.